The average Bonchev–Trinajstić information content (AvgIpc) is 2.45. The lowest BCUT2D eigenvalue weighted by molar-refractivity contribution is 0.0914. The molecule has 0 aliphatic rings. The first-order valence-electron chi connectivity index (χ1n) is 6.28. The second kappa shape index (κ2) is 6.16. The molecule has 5 heteroatoms. The minimum atomic E-state index is -0.538. The number of benzene rings is 1. The van der Waals surface area contributed by atoms with Gasteiger partial charge in [-0.3, -0.25) is 9.59 Å². The number of aliphatic hydroxyl groups excluding tert-OH is 1. The van der Waals surface area contributed by atoms with Gasteiger partial charge in [0, 0.05) is 5.69 Å². The fourth-order valence-electron chi connectivity index (χ4n) is 1.91. The minimum Gasteiger partial charge on any atom is -0.394 e. The summed E-state index contributed by atoms with van der Waals surface area (Å²) < 4.78 is 0. The second-order valence-electron chi connectivity index (χ2n) is 4.50. The van der Waals surface area contributed by atoms with Gasteiger partial charge in [0.25, 0.3) is 11.5 Å². The van der Waals surface area contributed by atoms with Crippen molar-refractivity contribution in [3.05, 3.63) is 69.6 Å². The number of aliphatic hydroxyl groups is 1. The SMILES string of the molecule is Cc1ccc(C(=O)N[C@@H](CO)c2ccccc2)c(=O)[nH]1. The largest absolute Gasteiger partial charge is 0.394 e. The summed E-state index contributed by atoms with van der Waals surface area (Å²) in [7, 11) is 0. The molecule has 2 rings (SSSR count). The standard InChI is InChI=1S/C15H16N2O3/c1-10-7-8-12(14(19)16-10)15(20)17-13(9-18)11-5-3-2-4-6-11/h2-8,13,18H,9H2,1H3,(H,16,19)(H,17,20)/t13-/m0/s1. The number of rotatable bonds is 4. The molecule has 0 aliphatic heterocycles. The Morgan fingerprint density at radius 2 is 1.95 bits per heavy atom. The number of amides is 1. The quantitative estimate of drug-likeness (QED) is 0.780. The topological polar surface area (TPSA) is 82.2 Å². The summed E-state index contributed by atoms with van der Waals surface area (Å²) in [5, 5.41) is 12.0. The Morgan fingerprint density at radius 1 is 1.25 bits per heavy atom. The Labute approximate surface area is 116 Å². The van der Waals surface area contributed by atoms with Crippen molar-refractivity contribution >= 4 is 5.91 Å². The molecule has 2 aromatic rings. The van der Waals surface area contributed by atoms with Crippen molar-refractivity contribution in [1.29, 1.82) is 0 Å². The first kappa shape index (κ1) is 14.0. The van der Waals surface area contributed by atoms with Gasteiger partial charge in [0.05, 0.1) is 12.6 Å². The van der Waals surface area contributed by atoms with E-state index in [1.54, 1.807) is 25.1 Å². The average molecular weight is 272 g/mol. The fraction of sp³-hybridized carbons (Fsp3) is 0.200. The van der Waals surface area contributed by atoms with Gasteiger partial charge >= 0.3 is 0 Å². The Bertz CT molecular complexity index is 650. The van der Waals surface area contributed by atoms with E-state index in [1.165, 1.54) is 6.07 Å². The van der Waals surface area contributed by atoms with Crippen LogP contribution < -0.4 is 10.9 Å². The molecule has 0 bridgehead atoms. The maximum absolute atomic E-state index is 12.1. The van der Waals surface area contributed by atoms with Crippen LogP contribution >= 0.6 is 0 Å². The maximum Gasteiger partial charge on any atom is 0.260 e. The maximum atomic E-state index is 12.1. The van der Waals surface area contributed by atoms with Crippen LogP contribution in [-0.2, 0) is 0 Å². The molecule has 1 aromatic heterocycles. The van der Waals surface area contributed by atoms with E-state index in [1.807, 2.05) is 18.2 Å². The van der Waals surface area contributed by atoms with E-state index in [9.17, 15) is 14.7 Å². The van der Waals surface area contributed by atoms with E-state index >= 15 is 0 Å². The summed E-state index contributed by atoms with van der Waals surface area (Å²) in [5.41, 5.74) is 1.07. The number of aromatic amines is 1. The van der Waals surface area contributed by atoms with Crippen LogP contribution in [0.4, 0.5) is 0 Å². The number of aromatic nitrogens is 1. The lowest BCUT2D eigenvalue weighted by Gasteiger charge is -2.16. The Kier molecular flexibility index (Phi) is 4.32. The van der Waals surface area contributed by atoms with E-state index < -0.39 is 17.5 Å². The zero-order valence-corrected chi connectivity index (χ0v) is 11.1. The van der Waals surface area contributed by atoms with Gasteiger partial charge in [-0.25, -0.2) is 0 Å². The number of aryl methyl sites for hydroxylation is 1. The van der Waals surface area contributed by atoms with Crippen LogP contribution in [0.25, 0.3) is 0 Å². The van der Waals surface area contributed by atoms with E-state index in [0.29, 0.717) is 5.69 Å². The molecule has 0 aliphatic carbocycles. The van der Waals surface area contributed by atoms with Crippen LogP contribution in [0.1, 0.15) is 27.7 Å². The molecule has 0 radical (unpaired) electrons. The van der Waals surface area contributed by atoms with Gasteiger partial charge in [-0.2, -0.15) is 0 Å². The highest BCUT2D eigenvalue weighted by molar-refractivity contribution is 5.94. The van der Waals surface area contributed by atoms with Gasteiger partial charge in [-0.15, -0.1) is 0 Å². The van der Waals surface area contributed by atoms with Crippen LogP contribution in [0.3, 0.4) is 0 Å². The molecule has 5 nitrogen and oxygen atoms in total. The molecule has 1 atom stereocenters. The smallest absolute Gasteiger partial charge is 0.260 e. The highest BCUT2D eigenvalue weighted by atomic mass is 16.3. The van der Waals surface area contributed by atoms with Crippen molar-refractivity contribution in [1.82, 2.24) is 10.3 Å². The number of pyridine rings is 1. The predicted molar refractivity (Wildman–Crippen MR) is 75.5 cm³/mol. The van der Waals surface area contributed by atoms with E-state index in [-0.39, 0.29) is 12.2 Å². The zero-order chi connectivity index (χ0) is 14.5. The van der Waals surface area contributed by atoms with Gasteiger partial charge in [0.15, 0.2) is 0 Å². The summed E-state index contributed by atoms with van der Waals surface area (Å²) >= 11 is 0. The highest BCUT2D eigenvalue weighted by Crippen LogP contribution is 2.12. The molecule has 0 saturated carbocycles. The molecule has 1 amide bonds. The van der Waals surface area contributed by atoms with E-state index in [2.05, 4.69) is 10.3 Å². The Hall–Kier alpha value is -2.40. The summed E-state index contributed by atoms with van der Waals surface area (Å²) in [5.74, 6) is -0.505. The van der Waals surface area contributed by atoms with Crippen LogP contribution in [0.2, 0.25) is 0 Å². The van der Waals surface area contributed by atoms with Crippen LogP contribution in [-0.4, -0.2) is 22.6 Å². The third kappa shape index (κ3) is 3.13. The lowest BCUT2D eigenvalue weighted by Crippen LogP contribution is -2.34. The van der Waals surface area contributed by atoms with Crippen LogP contribution in [0.15, 0.2) is 47.3 Å². The first-order valence-corrected chi connectivity index (χ1v) is 6.28. The molecule has 0 unspecified atom stereocenters. The van der Waals surface area contributed by atoms with Gasteiger partial charge in [0.2, 0.25) is 0 Å². The Morgan fingerprint density at radius 3 is 2.55 bits per heavy atom. The van der Waals surface area contributed by atoms with Gasteiger partial charge in [-0.1, -0.05) is 30.3 Å². The molecular weight excluding hydrogens is 256 g/mol. The van der Waals surface area contributed by atoms with Gasteiger partial charge < -0.3 is 15.4 Å². The third-order valence-corrected chi connectivity index (χ3v) is 2.99. The van der Waals surface area contributed by atoms with Gasteiger partial charge in [0.1, 0.15) is 5.56 Å². The van der Waals surface area contributed by atoms with Crippen molar-refractivity contribution in [2.45, 2.75) is 13.0 Å². The van der Waals surface area contributed by atoms with Crippen molar-refractivity contribution in [2.24, 2.45) is 0 Å². The minimum absolute atomic E-state index is 0.0324. The molecule has 104 valence electrons. The van der Waals surface area contributed by atoms with Crippen molar-refractivity contribution < 1.29 is 9.90 Å². The first-order chi connectivity index (χ1) is 9.61. The van der Waals surface area contributed by atoms with Crippen molar-refractivity contribution in [3.63, 3.8) is 0 Å². The van der Waals surface area contributed by atoms with Crippen LogP contribution in [0, 0.1) is 6.92 Å². The normalized spacial score (nSPS) is 11.9. The summed E-state index contributed by atoms with van der Waals surface area (Å²) in [6, 6.07) is 11.7. The van der Waals surface area contributed by atoms with Crippen molar-refractivity contribution in [3.8, 4) is 0 Å². The van der Waals surface area contributed by atoms with Gasteiger partial charge in [-0.05, 0) is 24.6 Å². The van der Waals surface area contributed by atoms with E-state index in [0.717, 1.165) is 5.56 Å². The summed E-state index contributed by atoms with van der Waals surface area (Å²) in [4.78, 5) is 26.4. The number of carbonyl (C=O) groups excluding carboxylic acids is 1. The number of hydrogen-bond donors (Lipinski definition) is 3. The van der Waals surface area contributed by atoms with Crippen molar-refractivity contribution in [2.75, 3.05) is 6.61 Å². The fourth-order valence-corrected chi connectivity index (χ4v) is 1.91. The number of nitrogens with one attached hydrogen (secondary N) is 2. The molecule has 0 spiro atoms. The Balaban J connectivity index is 2.20. The monoisotopic (exact) mass is 272 g/mol. The molecule has 20 heavy (non-hydrogen) atoms. The number of carbonyl (C=O) groups is 1. The number of H-pyrrole nitrogens is 1. The molecule has 0 fully saturated rings. The van der Waals surface area contributed by atoms with E-state index in [4.69, 9.17) is 0 Å². The zero-order valence-electron chi connectivity index (χ0n) is 11.1. The lowest BCUT2D eigenvalue weighted by atomic mass is 10.1. The summed E-state index contributed by atoms with van der Waals surface area (Å²) in [6.07, 6.45) is 0. The van der Waals surface area contributed by atoms with Crippen LogP contribution in [0.5, 0.6) is 0 Å². The molecule has 3 N–H and O–H groups in total. The highest BCUT2D eigenvalue weighted by Gasteiger charge is 2.16. The molecular formula is C15H16N2O3. The number of hydrogen-bond acceptors (Lipinski definition) is 3. The predicted octanol–water partition coefficient (Wildman–Crippen LogP) is 1.15. The summed E-state index contributed by atoms with van der Waals surface area (Å²) in [6.45, 7) is 1.50. The molecule has 0 saturated heterocycles. The third-order valence-electron chi connectivity index (χ3n) is 2.99. The second-order valence-corrected chi connectivity index (χ2v) is 4.50. The molecule has 1 heterocycles. The molecule has 1 aromatic carbocycles.